The smallest absolute Gasteiger partial charge is 0.225 e. The van der Waals surface area contributed by atoms with Crippen LogP contribution in [0.5, 0.6) is 0 Å². The minimum atomic E-state index is 0.780. The molecular formula is C17H21N5S. The average molecular weight is 327 g/mol. The molecule has 1 aliphatic heterocycles. The van der Waals surface area contributed by atoms with Crippen molar-refractivity contribution in [3.8, 4) is 0 Å². The van der Waals surface area contributed by atoms with Crippen LogP contribution in [0.15, 0.2) is 36.7 Å². The largest absolute Gasteiger partial charge is 0.345 e. The molecule has 1 aliphatic rings. The van der Waals surface area contributed by atoms with Gasteiger partial charge in [0.1, 0.15) is 0 Å². The summed E-state index contributed by atoms with van der Waals surface area (Å²) in [5.74, 6) is 0.792. The Morgan fingerprint density at radius 1 is 1.04 bits per heavy atom. The summed E-state index contributed by atoms with van der Waals surface area (Å²) in [7, 11) is 0. The quantitative estimate of drug-likeness (QED) is 0.856. The van der Waals surface area contributed by atoms with Crippen LogP contribution in [0.25, 0.3) is 0 Å². The van der Waals surface area contributed by atoms with Crippen molar-refractivity contribution in [3.05, 3.63) is 47.8 Å². The second kappa shape index (κ2) is 6.91. The second-order valence-corrected chi connectivity index (χ2v) is 6.14. The number of benzene rings is 1. The molecule has 1 N–H and O–H groups in total. The summed E-state index contributed by atoms with van der Waals surface area (Å²) < 4.78 is 0. The third-order valence-electron chi connectivity index (χ3n) is 4.16. The summed E-state index contributed by atoms with van der Waals surface area (Å²) >= 11 is 5.55. The fourth-order valence-corrected chi connectivity index (χ4v) is 2.89. The van der Waals surface area contributed by atoms with Gasteiger partial charge in [-0.15, -0.1) is 0 Å². The first-order valence-electron chi connectivity index (χ1n) is 7.78. The van der Waals surface area contributed by atoms with Gasteiger partial charge in [0.25, 0.3) is 0 Å². The van der Waals surface area contributed by atoms with Crippen LogP contribution in [0.3, 0.4) is 0 Å². The number of aromatic nitrogens is 2. The Morgan fingerprint density at radius 2 is 1.74 bits per heavy atom. The Bertz CT molecular complexity index is 681. The van der Waals surface area contributed by atoms with E-state index in [2.05, 4.69) is 57.1 Å². The van der Waals surface area contributed by atoms with Gasteiger partial charge in [0.2, 0.25) is 5.95 Å². The molecule has 0 unspecified atom stereocenters. The predicted molar refractivity (Wildman–Crippen MR) is 98.0 cm³/mol. The van der Waals surface area contributed by atoms with Gasteiger partial charge in [0, 0.05) is 44.3 Å². The summed E-state index contributed by atoms with van der Waals surface area (Å²) in [5.41, 5.74) is 3.61. The highest BCUT2D eigenvalue weighted by Gasteiger charge is 2.20. The molecule has 1 saturated heterocycles. The fourth-order valence-electron chi connectivity index (χ4n) is 2.59. The normalized spacial score (nSPS) is 14.7. The summed E-state index contributed by atoms with van der Waals surface area (Å²) in [6.45, 7) is 7.71. The van der Waals surface area contributed by atoms with Gasteiger partial charge >= 0.3 is 0 Å². The average Bonchev–Trinajstić information content (AvgIpc) is 2.59. The van der Waals surface area contributed by atoms with Crippen molar-refractivity contribution in [2.75, 3.05) is 36.4 Å². The summed E-state index contributed by atoms with van der Waals surface area (Å²) in [4.78, 5) is 13.0. The maximum atomic E-state index is 5.55. The zero-order chi connectivity index (χ0) is 16.2. The number of nitrogens with zero attached hydrogens (tertiary/aromatic N) is 4. The zero-order valence-corrected chi connectivity index (χ0v) is 14.3. The molecule has 3 rings (SSSR count). The Labute approximate surface area is 142 Å². The van der Waals surface area contributed by atoms with Gasteiger partial charge in [0.15, 0.2) is 5.11 Å². The van der Waals surface area contributed by atoms with E-state index in [1.54, 1.807) is 12.4 Å². The summed E-state index contributed by atoms with van der Waals surface area (Å²) in [5, 5.41) is 4.12. The Morgan fingerprint density at radius 3 is 2.39 bits per heavy atom. The molecule has 0 saturated carbocycles. The van der Waals surface area contributed by atoms with Crippen molar-refractivity contribution < 1.29 is 0 Å². The molecule has 0 atom stereocenters. The highest BCUT2D eigenvalue weighted by atomic mass is 32.1. The van der Waals surface area contributed by atoms with E-state index in [0.29, 0.717) is 0 Å². The second-order valence-electron chi connectivity index (χ2n) is 5.75. The molecule has 1 fully saturated rings. The van der Waals surface area contributed by atoms with E-state index in [1.807, 2.05) is 6.07 Å². The van der Waals surface area contributed by atoms with Crippen LogP contribution in [0.1, 0.15) is 11.1 Å². The fraction of sp³-hybridized carbons (Fsp3) is 0.353. The number of hydrogen-bond donors (Lipinski definition) is 1. The third kappa shape index (κ3) is 3.76. The van der Waals surface area contributed by atoms with E-state index in [0.717, 1.165) is 42.9 Å². The van der Waals surface area contributed by atoms with Gasteiger partial charge in [-0.25, -0.2) is 9.97 Å². The van der Waals surface area contributed by atoms with Crippen molar-refractivity contribution in [1.82, 2.24) is 14.9 Å². The number of piperazine rings is 1. The molecule has 1 aromatic carbocycles. The van der Waals surface area contributed by atoms with Crippen LogP contribution in [0.4, 0.5) is 11.6 Å². The van der Waals surface area contributed by atoms with E-state index >= 15 is 0 Å². The lowest BCUT2D eigenvalue weighted by Crippen LogP contribution is -2.50. The van der Waals surface area contributed by atoms with Crippen LogP contribution in [0.2, 0.25) is 0 Å². The van der Waals surface area contributed by atoms with Gasteiger partial charge in [-0.3, -0.25) is 0 Å². The number of nitrogens with one attached hydrogen (secondary N) is 1. The first-order valence-corrected chi connectivity index (χ1v) is 8.19. The number of rotatable bonds is 2. The van der Waals surface area contributed by atoms with Crippen LogP contribution >= 0.6 is 12.2 Å². The minimum absolute atomic E-state index is 0.780. The van der Waals surface area contributed by atoms with Crippen molar-refractivity contribution >= 4 is 29.0 Å². The molecule has 120 valence electrons. The first-order chi connectivity index (χ1) is 11.1. The van der Waals surface area contributed by atoms with Crippen molar-refractivity contribution in [2.45, 2.75) is 13.8 Å². The van der Waals surface area contributed by atoms with Crippen LogP contribution < -0.4 is 10.2 Å². The predicted octanol–water partition coefficient (Wildman–Crippen LogP) is 2.61. The molecule has 0 radical (unpaired) electrons. The molecular weight excluding hydrogens is 306 g/mol. The zero-order valence-electron chi connectivity index (χ0n) is 13.5. The molecule has 2 heterocycles. The standard InChI is InChI=1S/C17H21N5S/c1-13-4-5-15(12-14(13)2)20-17(23)22-10-8-21(9-11-22)16-18-6-3-7-19-16/h3-7,12H,8-11H2,1-2H3,(H,20,23). The van der Waals surface area contributed by atoms with Gasteiger partial charge < -0.3 is 15.1 Å². The van der Waals surface area contributed by atoms with Gasteiger partial charge in [0.05, 0.1) is 0 Å². The highest BCUT2D eigenvalue weighted by molar-refractivity contribution is 7.80. The summed E-state index contributed by atoms with van der Waals surface area (Å²) in [6, 6.07) is 8.16. The lowest BCUT2D eigenvalue weighted by molar-refractivity contribution is 0.388. The Balaban J connectivity index is 1.57. The monoisotopic (exact) mass is 327 g/mol. The SMILES string of the molecule is Cc1ccc(NC(=S)N2CCN(c3ncccn3)CC2)cc1C. The molecule has 0 amide bonds. The van der Waals surface area contributed by atoms with E-state index < -0.39 is 0 Å². The van der Waals surface area contributed by atoms with Crippen molar-refractivity contribution in [3.63, 3.8) is 0 Å². The highest BCUT2D eigenvalue weighted by Crippen LogP contribution is 2.16. The van der Waals surface area contributed by atoms with Gasteiger partial charge in [-0.1, -0.05) is 6.07 Å². The molecule has 0 bridgehead atoms. The molecule has 23 heavy (non-hydrogen) atoms. The van der Waals surface area contributed by atoms with Crippen molar-refractivity contribution in [2.24, 2.45) is 0 Å². The minimum Gasteiger partial charge on any atom is -0.345 e. The number of anilines is 2. The van der Waals surface area contributed by atoms with E-state index in [4.69, 9.17) is 12.2 Å². The lowest BCUT2D eigenvalue weighted by atomic mass is 10.1. The van der Waals surface area contributed by atoms with Crippen molar-refractivity contribution in [1.29, 1.82) is 0 Å². The topological polar surface area (TPSA) is 44.3 Å². The van der Waals surface area contributed by atoms with Gasteiger partial charge in [-0.2, -0.15) is 0 Å². The van der Waals surface area contributed by atoms with Crippen LogP contribution in [-0.4, -0.2) is 46.2 Å². The van der Waals surface area contributed by atoms with Crippen LogP contribution in [0, 0.1) is 13.8 Å². The van der Waals surface area contributed by atoms with E-state index in [-0.39, 0.29) is 0 Å². The lowest BCUT2D eigenvalue weighted by Gasteiger charge is -2.36. The van der Waals surface area contributed by atoms with E-state index in [1.165, 1.54) is 11.1 Å². The maximum Gasteiger partial charge on any atom is 0.225 e. The molecule has 5 nitrogen and oxygen atoms in total. The molecule has 0 aliphatic carbocycles. The Hall–Kier alpha value is -2.21. The van der Waals surface area contributed by atoms with Gasteiger partial charge in [-0.05, 0) is 55.4 Å². The van der Waals surface area contributed by atoms with Crippen LogP contribution in [-0.2, 0) is 0 Å². The molecule has 6 heteroatoms. The molecule has 2 aromatic rings. The number of aryl methyl sites for hydroxylation is 2. The third-order valence-corrected chi connectivity index (χ3v) is 4.52. The summed E-state index contributed by atoms with van der Waals surface area (Å²) in [6.07, 6.45) is 3.56. The first kappa shape index (κ1) is 15.7. The molecule has 1 aromatic heterocycles. The number of thiocarbonyl (C=S) groups is 1. The Kier molecular flexibility index (Phi) is 4.71. The maximum absolute atomic E-state index is 5.55. The molecule has 0 spiro atoms. The number of hydrogen-bond acceptors (Lipinski definition) is 4. The van der Waals surface area contributed by atoms with E-state index in [9.17, 15) is 0 Å².